The van der Waals surface area contributed by atoms with Crippen molar-refractivity contribution >= 4 is 5.97 Å². The van der Waals surface area contributed by atoms with Crippen molar-refractivity contribution in [3.8, 4) is 0 Å². The van der Waals surface area contributed by atoms with Crippen LogP contribution in [0.1, 0.15) is 18.3 Å². The molecule has 1 aromatic heterocycles. The van der Waals surface area contributed by atoms with E-state index < -0.39 is 5.97 Å². The van der Waals surface area contributed by atoms with E-state index in [-0.39, 0.29) is 6.42 Å². The molecule has 1 N–H and O–H groups in total. The summed E-state index contributed by atoms with van der Waals surface area (Å²) in [5.41, 5.74) is 1.63. The van der Waals surface area contributed by atoms with Crippen LogP contribution in [-0.2, 0) is 17.8 Å². The Kier molecular flexibility index (Phi) is 2.47. The number of carbonyl (C=O) groups is 1. The molecule has 0 unspecified atom stereocenters. The fraction of sp³-hybridized carbons (Fsp3) is 0.500. The molecule has 66 valence electrons. The molecule has 4 heteroatoms. The molecular weight excluding hydrogens is 156 g/mol. The molecule has 0 saturated heterocycles. The summed E-state index contributed by atoms with van der Waals surface area (Å²) in [7, 11) is 0. The largest absolute Gasteiger partial charge is 0.481 e. The highest BCUT2D eigenvalue weighted by Crippen LogP contribution is 2.03. The summed E-state index contributed by atoms with van der Waals surface area (Å²) in [5.74, 6) is -0.837. The SMILES string of the molecule is CCn1nc(CC(=O)O)cc1C. The Balaban J connectivity index is 2.82. The van der Waals surface area contributed by atoms with Crippen molar-refractivity contribution < 1.29 is 9.90 Å². The maximum atomic E-state index is 10.3. The maximum Gasteiger partial charge on any atom is 0.309 e. The van der Waals surface area contributed by atoms with Crippen LogP contribution in [0.25, 0.3) is 0 Å². The zero-order valence-electron chi connectivity index (χ0n) is 7.24. The molecule has 0 radical (unpaired) electrons. The molecule has 1 rings (SSSR count). The van der Waals surface area contributed by atoms with Crippen LogP contribution in [0.4, 0.5) is 0 Å². The molecule has 0 aliphatic rings. The number of carboxylic acid groups (broad SMARTS) is 1. The zero-order chi connectivity index (χ0) is 9.14. The van der Waals surface area contributed by atoms with Crippen LogP contribution in [0.15, 0.2) is 6.07 Å². The van der Waals surface area contributed by atoms with Crippen LogP contribution in [0.5, 0.6) is 0 Å². The van der Waals surface area contributed by atoms with Crippen LogP contribution in [0.3, 0.4) is 0 Å². The monoisotopic (exact) mass is 168 g/mol. The van der Waals surface area contributed by atoms with Gasteiger partial charge in [0.1, 0.15) is 0 Å². The van der Waals surface area contributed by atoms with Gasteiger partial charge in [-0.1, -0.05) is 0 Å². The van der Waals surface area contributed by atoms with E-state index in [2.05, 4.69) is 5.10 Å². The summed E-state index contributed by atoms with van der Waals surface area (Å²) in [6, 6.07) is 1.80. The first kappa shape index (κ1) is 8.77. The van der Waals surface area contributed by atoms with Crippen molar-refractivity contribution in [1.82, 2.24) is 9.78 Å². The third-order valence-electron chi connectivity index (χ3n) is 1.66. The van der Waals surface area contributed by atoms with Crippen molar-refractivity contribution in [3.63, 3.8) is 0 Å². The average Bonchev–Trinajstić information content (AvgIpc) is 2.29. The summed E-state index contributed by atoms with van der Waals surface area (Å²) < 4.78 is 1.79. The van der Waals surface area contributed by atoms with Crippen molar-refractivity contribution in [2.75, 3.05) is 0 Å². The summed E-state index contributed by atoms with van der Waals surface area (Å²) >= 11 is 0. The molecule has 1 aromatic rings. The Morgan fingerprint density at radius 2 is 2.42 bits per heavy atom. The van der Waals surface area contributed by atoms with E-state index in [4.69, 9.17) is 5.11 Å². The number of aromatic nitrogens is 2. The van der Waals surface area contributed by atoms with Gasteiger partial charge in [-0.15, -0.1) is 0 Å². The highest BCUT2D eigenvalue weighted by atomic mass is 16.4. The van der Waals surface area contributed by atoms with Crippen molar-refractivity contribution in [1.29, 1.82) is 0 Å². The zero-order valence-corrected chi connectivity index (χ0v) is 7.24. The summed E-state index contributed by atoms with van der Waals surface area (Å²) in [4.78, 5) is 10.3. The quantitative estimate of drug-likeness (QED) is 0.727. The van der Waals surface area contributed by atoms with Crippen molar-refractivity contribution in [3.05, 3.63) is 17.5 Å². The molecule has 0 bridgehead atoms. The number of rotatable bonds is 3. The molecule has 1 heterocycles. The van der Waals surface area contributed by atoms with Crippen molar-refractivity contribution in [2.45, 2.75) is 26.8 Å². The summed E-state index contributed by atoms with van der Waals surface area (Å²) in [5, 5.41) is 12.6. The van der Waals surface area contributed by atoms with Gasteiger partial charge in [0.2, 0.25) is 0 Å². The standard InChI is InChI=1S/C8H12N2O2/c1-3-10-6(2)4-7(9-10)5-8(11)12/h4H,3,5H2,1-2H3,(H,11,12). The molecule has 0 atom stereocenters. The Labute approximate surface area is 70.8 Å². The maximum absolute atomic E-state index is 10.3. The van der Waals surface area contributed by atoms with Gasteiger partial charge < -0.3 is 5.11 Å². The summed E-state index contributed by atoms with van der Waals surface area (Å²) in [6.07, 6.45) is 0.00778. The van der Waals surface area contributed by atoms with E-state index in [1.807, 2.05) is 13.8 Å². The Bertz CT molecular complexity index is 291. The highest BCUT2D eigenvalue weighted by molar-refractivity contribution is 5.69. The molecule has 4 nitrogen and oxygen atoms in total. The van der Waals surface area contributed by atoms with Gasteiger partial charge >= 0.3 is 5.97 Å². The van der Waals surface area contributed by atoms with Crippen LogP contribution < -0.4 is 0 Å². The Morgan fingerprint density at radius 3 is 2.83 bits per heavy atom. The van der Waals surface area contributed by atoms with E-state index in [0.29, 0.717) is 5.69 Å². The normalized spacial score (nSPS) is 10.2. The molecule has 0 spiro atoms. The lowest BCUT2D eigenvalue weighted by atomic mass is 10.3. The predicted molar refractivity (Wildman–Crippen MR) is 44.0 cm³/mol. The lowest BCUT2D eigenvalue weighted by Crippen LogP contribution is -2.03. The van der Waals surface area contributed by atoms with E-state index in [0.717, 1.165) is 12.2 Å². The number of aryl methyl sites for hydroxylation is 2. The second-order valence-electron chi connectivity index (χ2n) is 2.66. The highest BCUT2D eigenvalue weighted by Gasteiger charge is 2.05. The lowest BCUT2D eigenvalue weighted by molar-refractivity contribution is -0.136. The van der Waals surface area contributed by atoms with Crippen LogP contribution in [0.2, 0.25) is 0 Å². The molecule has 12 heavy (non-hydrogen) atoms. The molecule has 0 saturated carbocycles. The van der Waals surface area contributed by atoms with Crippen molar-refractivity contribution in [2.24, 2.45) is 0 Å². The Morgan fingerprint density at radius 1 is 1.75 bits per heavy atom. The van der Waals surface area contributed by atoms with E-state index >= 15 is 0 Å². The minimum atomic E-state index is -0.837. The first-order valence-electron chi connectivity index (χ1n) is 3.88. The van der Waals surface area contributed by atoms with Gasteiger partial charge in [0.25, 0.3) is 0 Å². The number of carboxylic acids is 1. The summed E-state index contributed by atoms with van der Waals surface area (Å²) in [6.45, 7) is 4.68. The topological polar surface area (TPSA) is 55.1 Å². The number of hydrogen-bond donors (Lipinski definition) is 1. The number of nitrogens with zero attached hydrogens (tertiary/aromatic N) is 2. The molecule has 0 aliphatic heterocycles. The lowest BCUT2D eigenvalue weighted by Gasteiger charge is -1.95. The third-order valence-corrected chi connectivity index (χ3v) is 1.66. The van der Waals surface area contributed by atoms with Gasteiger partial charge in [-0.3, -0.25) is 9.48 Å². The predicted octanol–water partition coefficient (Wildman–Crippen LogP) is 0.839. The average molecular weight is 168 g/mol. The minimum Gasteiger partial charge on any atom is -0.481 e. The molecule has 0 fully saturated rings. The fourth-order valence-corrected chi connectivity index (χ4v) is 1.14. The second kappa shape index (κ2) is 3.38. The third kappa shape index (κ3) is 1.84. The van der Waals surface area contributed by atoms with E-state index in [9.17, 15) is 4.79 Å². The van der Waals surface area contributed by atoms with E-state index in [1.165, 1.54) is 0 Å². The molecular formula is C8H12N2O2. The van der Waals surface area contributed by atoms with Crippen LogP contribution in [0, 0.1) is 6.92 Å². The second-order valence-corrected chi connectivity index (χ2v) is 2.66. The van der Waals surface area contributed by atoms with Gasteiger partial charge in [0, 0.05) is 12.2 Å². The molecule has 0 amide bonds. The number of hydrogen-bond acceptors (Lipinski definition) is 2. The Hall–Kier alpha value is -1.32. The van der Waals surface area contributed by atoms with Gasteiger partial charge in [-0.2, -0.15) is 5.10 Å². The minimum absolute atomic E-state index is 0.00778. The van der Waals surface area contributed by atoms with Crippen LogP contribution in [-0.4, -0.2) is 20.9 Å². The van der Waals surface area contributed by atoms with Crippen LogP contribution >= 0.6 is 0 Å². The molecule has 0 aliphatic carbocycles. The van der Waals surface area contributed by atoms with Gasteiger partial charge in [0.05, 0.1) is 12.1 Å². The first-order valence-corrected chi connectivity index (χ1v) is 3.88. The van der Waals surface area contributed by atoms with Gasteiger partial charge in [-0.05, 0) is 19.9 Å². The number of aliphatic carboxylic acids is 1. The fourth-order valence-electron chi connectivity index (χ4n) is 1.14. The van der Waals surface area contributed by atoms with Gasteiger partial charge in [0.15, 0.2) is 0 Å². The van der Waals surface area contributed by atoms with E-state index in [1.54, 1.807) is 10.7 Å². The first-order chi connectivity index (χ1) is 5.63. The molecule has 0 aromatic carbocycles. The van der Waals surface area contributed by atoms with Gasteiger partial charge in [-0.25, -0.2) is 0 Å². The smallest absolute Gasteiger partial charge is 0.309 e.